The minimum atomic E-state index is 0.326. The van der Waals surface area contributed by atoms with Crippen molar-refractivity contribution in [2.45, 2.75) is 19.9 Å². The van der Waals surface area contributed by atoms with Crippen LogP contribution in [0.4, 0.5) is 5.82 Å². The molecule has 0 amide bonds. The predicted octanol–water partition coefficient (Wildman–Crippen LogP) is 1.66. The van der Waals surface area contributed by atoms with Crippen LogP contribution in [-0.4, -0.2) is 36.0 Å². The summed E-state index contributed by atoms with van der Waals surface area (Å²) >= 11 is 6.02. The van der Waals surface area contributed by atoms with E-state index in [0.29, 0.717) is 11.1 Å². The quantitative estimate of drug-likeness (QED) is 0.732. The van der Waals surface area contributed by atoms with Crippen LogP contribution in [0.5, 0.6) is 0 Å². The molecule has 1 aliphatic heterocycles. The number of morpholine rings is 1. The van der Waals surface area contributed by atoms with Gasteiger partial charge >= 0.3 is 0 Å². The molecular formula is C10H14ClN3O. The third-order valence-electron chi connectivity index (χ3n) is 2.57. The van der Waals surface area contributed by atoms with Crippen LogP contribution >= 0.6 is 11.6 Å². The van der Waals surface area contributed by atoms with E-state index in [4.69, 9.17) is 16.3 Å². The fourth-order valence-corrected chi connectivity index (χ4v) is 1.76. The number of nitrogens with zero attached hydrogens (tertiary/aromatic N) is 3. The summed E-state index contributed by atoms with van der Waals surface area (Å²) in [6.45, 7) is 6.26. The Morgan fingerprint density at radius 1 is 1.53 bits per heavy atom. The van der Waals surface area contributed by atoms with E-state index in [2.05, 4.69) is 22.0 Å². The molecule has 1 aliphatic rings. The lowest BCUT2D eigenvalue weighted by Gasteiger charge is -2.33. The van der Waals surface area contributed by atoms with Gasteiger partial charge in [-0.2, -0.15) is 5.10 Å². The van der Waals surface area contributed by atoms with Gasteiger partial charge in [0.25, 0.3) is 0 Å². The summed E-state index contributed by atoms with van der Waals surface area (Å²) in [6.07, 6.45) is 0. The Balaban J connectivity index is 2.24. The second kappa shape index (κ2) is 4.33. The van der Waals surface area contributed by atoms with Crippen molar-refractivity contribution in [3.05, 3.63) is 16.8 Å². The van der Waals surface area contributed by atoms with Crippen LogP contribution < -0.4 is 4.90 Å². The van der Waals surface area contributed by atoms with Crippen molar-refractivity contribution in [1.82, 2.24) is 10.2 Å². The van der Waals surface area contributed by atoms with Gasteiger partial charge in [-0.05, 0) is 13.8 Å². The van der Waals surface area contributed by atoms with Crippen LogP contribution in [0.3, 0.4) is 0 Å². The Hall–Kier alpha value is -0.870. The third kappa shape index (κ3) is 2.21. The molecule has 0 spiro atoms. The number of ether oxygens (including phenoxy) is 1. The van der Waals surface area contributed by atoms with Crippen molar-refractivity contribution in [2.75, 3.05) is 24.7 Å². The zero-order chi connectivity index (χ0) is 10.8. The molecule has 0 radical (unpaired) electrons. The SMILES string of the molecule is Cc1nnc(N2CCOC[C@H]2C)cc1Cl. The molecule has 0 aliphatic carbocycles. The van der Waals surface area contributed by atoms with E-state index < -0.39 is 0 Å². The third-order valence-corrected chi connectivity index (χ3v) is 2.95. The molecule has 0 bridgehead atoms. The van der Waals surface area contributed by atoms with E-state index in [9.17, 15) is 0 Å². The number of aromatic nitrogens is 2. The molecule has 1 atom stereocenters. The Labute approximate surface area is 94.2 Å². The van der Waals surface area contributed by atoms with E-state index >= 15 is 0 Å². The van der Waals surface area contributed by atoms with Crippen molar-refractivity contribution >= 4 is 17.4 Å². The highest BCUT2D eigenvalue weighted by Gasteiger charge is 2.20. The molecule has 4 nitrogen and oxygen atoms in total. The Morgan fingerprint density at radius 2 is 2.33 bits per heavy atom. The molecule has 2 heterocycles. The number of rotatable bonds is 1. The average molecular weight is 228 g/mol. The number of hydrogen-bond donors (Lipinski definition) is 0. The summed E-state index contributed by atoms with van der Waals surface area (Å²) in [5.74, 6) is 0.835. The van der Waals surface area contributed by atoms with Gasteiger partial charge in [0.05, 0.1) is 30.0 Å². The smallest absolute Gasteiger partial charge is 0.153 e. The summed E-state index contributed by atoms with van der Waals surface area (Å²) in [4.78, 5) is 2.17. The normalized spacial score (nSPS) is 21.8. The number of anilines is 1. The van der Waals surface area contributed by atoms with Gasteiger partial charge in [0.1, 0.15) is 0 Å². The van der Waals surface area contributed by atoms with Crippen LogP contribution in [-0.2, 0) is 4.74 Å². The van der Waals surface area contributed by atoms with E-state index in [1.165, 1.54) is 0 Å². The Kier molecular flexibility index (Phi) is 3.07. The predicted molar refractivity (Wildman–Crippen MR) is 59.4 cm³/mol. The maximum atomic E-state index is 6.02. The van der Waals surface area contributed by atoms with Gasteiger partial charge in [-0.25, -0.2) is 0 Å². The van der Waals surface area contributed by atoms with E-state index in [1.54, 1.807) is 0 Å². The van der Waals surface area contributed by atoms with Gasteiger partial charge < -0.3 is 9.64 Å². The fraction of sp³-hybridized carbons (Fsp3) is 0.600. The van der Waals surface area contributed by atoms with Crippen LogP contribution in [0.1, 0.15) is 12.6 Å². The molecule has 0 unspecified atom stereocenters. The maximum Gasteiger partial charge on any atom is 0.153 e. The summed E-state index contributed by atoms with van der Waals surface area (Å²) in [5, 5.41) is 8.84. The largest absolute Gasteiger partial charge is 0.377 e. The van der Waals surface area contributed by atoms with Crippen molar-refractivity contribution in [3.63, 3.8) is 0 Å². The lowest BCUT2D eigenvalue weighted by Crippen LogP contribution is -2.44. The summed E-state index contributed by atoms with van der Waals surface area (Å²) < 4.78 is 5.36. The average Bonchev–Trinajstić information content (AvgIpc) is 2.23. The van der Waals surface area contributed by atoms with Crippen molar-refractivity contribution in [1.29, 1.82) is 0 Å². The standard InChI is InChI=1S/C10H14ClN3O/c1-7-6-15-4-3-14(7)10-5-9(11)8(2)12-13-10/h5,7H,3-4,6H2,1-2H3/t7-/m1/s1. The monoisotopic (exact) mass is 227 g/mol. The van der Waals surface area contributed by atoms with Crippen LogP contribution in [0, 0.1) is 6.92 Å². The molecule has 0 N–H and O–H groups in total. The van der Waals surface area contributed by atoms with Crippen molar-refractivity contribution in [2.24, 2.45) is 0 Å². The lowest BCUT2D eigenvalue weighted by atomic mass is 10.2. The highest BCUT2D eigenvalue weighted by Crippen LogP contribution is 2.21. The van der Waals surface area contributed by atoms with Gasteiger partial charge in [-0.1, -0.05) is 11.6 Å². The highest BCUT2D eigenvalue weighted by molar-refractivity contribution is 6.31. The van der Waals surface area contributed by atoms with E-state index in [0.717, 1.165) is 31.3 Å². The topological polar surface area (TPSA) is 38.2 Å². The maximum absolute atomic E-state index is 6.02. The first-order chi connectivity index (χ1) is 7.18. The first-order valence-corrected chi connectivity index (χ1v) is 5.40. The summed E-state index contributed by atoms with van der Waals surface area (Å²) in [7, 11) is 0. The highest BCUT2D eigenvalue weighted by atomic mass is 35.5. The Morgan fingerprint density at radius 3 is 3.00 bits per heavy atom. The second-order valence-corrected chi connectivity index (χ2v) is 4.16. The molecule has 0 saturated carbocycles. The number of hydrogen-bond acceptors (Lipinski definition) is 4. The minimum Gasteiger partial charge on any atom is -0.377 e. The first-order valence-electron chi connectivity index (χ1n) is 5.02. The van der Waals surface area contributed by atoms with Crippen LogP contribution in [0.25, 0.3) is 0 Å². The van der Waals surface area contributed by atoms with Crippen molar-refractivity contribution in [3.8, 4) is 0 Å². The molecule has 0 aromatic carbocycles. The molecule has 1 fully saturated rings. The van der Waals surface area contributed by atoms with Gasteiger partial charge in [0, 0.05) is 12.6 Å². The van der Waals surface area contributed by atoms with E-state index in [-0.39, 0.29) is 0 Å². The molecule has 82 valence electrons. The molecule has 1 aromatic rings. The molecule has 1 saturated heterocycles. The van der Waals surface area contributed by atoms with Gasteiger partial charge in [0.2, 0.25) is 0 Å². The van der Waals surface area contributed by atoms with Gasteiger partial charge in [-0.15, -0.1) is 5.10 Å². The Bertz CT molecular complexity index is 359. The molecule has 15 heavy (non-hydrogen) atoms. The number of halogens is 1. The zero-order valence-electron chi connectivity index (χ0n) is 8.90. The second-order valence-electron chi connectivity index (χ2n) is 3.75. The van der Waals surface area contributed by atoms with E-state index in [1.807, 2.05) is 13.0 Å². The van der Waals surface area contributed by atoms with Gasteiger partial charge in [0.15, 0.2) is 5.82 Å². The van der Waals surface area contributed by atoms with Crippen LogP contribution in [0.15, 0.2) is 6.07 Å². The lowest BCUT2D eigenvalue weighted by molar-refractivity contribution is 0.0984. The minimum absolute atomic E-state index is 0.326. The van der Waals surface area contributed by atoms with Crippen molar-refractivity contribution < 1.29 is 4.74 Å². The fourth-order valence-electron chi connectivity index (χ4n) is 1.63. The summed E-state index contributed by atoms with van der Waals surface area (Å²) in [6, 6.07) is 2.19. The first kappa shape index (κ1) is 10.6. The zero-order valence-corrected chi connectivity index (χ0v) is 9.66. The molecule has 5 heteroatoms. The molecule has 1 aromatic heterocycles. The van der Waals surface area contributed by atoms with Crippen LogP contribution in [0.2, 0.25) is 5.02 Å². The summed E-state index contributed by atoms with van der Waals surface area (Å²) in [5.41, 5.74) is 0.765. The molecular weight excluding hydrogens is 214 g/mol. The van der Waals surface area contributed by atoms with Gasteiger partial charge in [-0.3, -0.25) is 0 Å². The number of aryl methyl sites for hydroxylation is 1. The molecule has 2 rings (SSSR count).